The molecular weight excluding hydrogens is 312 g/mol. The number of allylic oxidation sites excluding steroid dienone is 11. The summed E-state index contributed by atoms with van der Waals surface area (Å²) in [5.41, 5.74) is 5.21. The highest BCUT2D eigenvalue weighted by Crippen LogP contribution is 2.22. The van der Waals surface area contributed by atoms with Crippen LogP contribution >= 0.6 is 0 Å². The summed E-state index contributed by atoms with van der Waals surface area (Å²) in [4.78, 5) is 17.9. The van der Waals surface area contributed by atoms with Crippen LogP contribution in [0, 0.1) is 0 Å². The van der Waals surface area contributed by atoms with Gasteiger partial charge in [-0.05, 0) is 60.8 Å². The van der Waals surface area contributed by atoms with Crippen molar-refractivity contribution in [3.63, 3.8) is 0 Å². The average molecular weight is 325 g/mol. The monoisotopic (exact) mass is 325 g/mol. The Hall–Kier alpha value is -3.60. The molecule has 0 aromatic heterocycles. The molecular formula is C20H12N4O. The molecule has 0 saturated heterocycles. The van der Waals surface area contributed by atoms with Crippen molar-refractivity contribution in [2.75, 3.05) is 0 Å². The van der Waals surface area contributed by atoms with Crippen molar-refractivity contribution in [3.8, 4) is 0 Å². The summed E-state index contributed by atoms with van der Waals surface area (Å²) in [7, 11) is 0. The van der Waals surface area contributed by atoms with E-state index in [4.69, 9.17) is 1.37 Å². The van der Waals surface area contributed by atoms with Crippen molar-refractivity contribution in [2.45, 2.75) is 0 Å². The van der Waals surface area contributed by atoms with Gasteiger partial charge in [-0.2, -0.15) is 0 Å². The number of hydrogen-bond donors (Lipinski definition) is 1. The van der Waals surface area contributed by atoms with Crippen molar-refractivity contribution < 1.29 is 6.48 Å². The normalized spacial score (nSPS) is 23.6. The quantitative estimate of drug-likeness (QED) is 0.728. The lowest BCUT2D eigenvalue weighted by atomic mass is 10.2. The van der Waals surface area contributed by atoms with Crippen LogP contribution in [0.4, 0.5) is 0 Å². The van der Waals surface area contributed by atoms with Gasteiger partial charge in [-0.25, -0.2) is 20.0 Å². The van der Waals surface area contributed by atoms with Crippen LogP contribution in [-0.4, -0.2) is 28.0 Å². The first kappa shape index (κ1) is 12.8. The van der Waals surface area contributed by atoms with Crippen LogP contribution in [0.5, 0.6) is 0 Å². The molecule has 0 aromatic rings. The minimum atomic E-state index is -0.158. The van der Waals surface area contributed by atoms with Gasteiger partial charge in [0.25, 0.3) is 0 Å². The number of aliphatic hydroxyl groups is 1. The second kappa shape index (κ2) is 5.21. The molecule has 5 rings (SSSR count). The maximum Gasteiger partial charge on any atom is 0.143 e. The van der Waals surface area contributed by atoms with Gasteiger partial charge in [-0.15, -0.1) is 0 Å². The van der Waals surface area contributed by atoms with Gasteiger partial charge < -0.3 is 5.11 Å². The van der Waals surface area contributed by atoms with E-state index in [1.54, 1.807) is 12.2 Å². The zero-order valence-corrected chi connectivity index (χ0v) is 13.0. The first-order chi connectivity index (χ1) is 12.6. The number of rotatable bonds is 0. The smallest absolute Gasteiger partial charge is 0.143 e. The van der Waals surface area contributed by atoms with Gasteiger partial charge in [0, 0.05) is 6.05 Å². The summed E-state index contributed by atoms with van der Waals surface area (Å²) in [5, 5.41) is 10.2. The molecule has 8 bridgehead atoms. The lowest BCUT2D eigenvalue weighted by Crippen LogP contribution is -1.89. The van der Waals surface area contributed by atoms with Crippen LogP contribution in [0.3, 0.4) is 0 Å². The zero-order chi connectivity index (χ0) is 17.7. The van der Waals surface area contributed by atoms with E-state index in [2.05, 4.69) is 20.0 Å². The summed E-state index contributed by atoms with van der Waals surface area (Å²) in [6, 6.07) is -0.0191. The molecule has 0 saturated carbocycles. The van der Waals surface area contributed by atoms with E-state index in [1.807, 2.05) is 48.6 Å². The molecule has 25 heavy (non-hydrogen) atoms. The Labute approximate surface area is 145 Å². The summed E-state index contributed by atoms with van der Waals surface area (Å²) in [5.74, 6) is -0.158. The van der Waals surface area contributed by atoms with Crippen LogP contribution in [0.15, 0.2) is 115 Å². The number of hydrogen-bond acceptors (Lipinski definition) is 5. The fourth-order valence-electron chi connectivity index (χ4n) is 2.81. The minimum absolute atomic E-state index is 0.0191. The molecule has 5 nitrogen and oxygen atoms in total. The molecule has 0 aromatic carbocycles. The molecule has 0 unspecified atom stereocenters. The molecule has 5 heteroatoms. The fourth-order valence-corrected chi connectivity index (χ4v) is 2.81. The summed E-state index contributed by atoms with van der Waals surface area (Å²) >= 11 is 0. The molecule has 5 aliphatic rings. The molecule has 1 N–H and O–H groups in total. The van der Waals surface area contributed by atoms with E-state index in [0.29, 0.717) is 22.8 Å². The second-order valence-corrected chi connectivity index (χ2v) is 5.82. The number of nitrogens with zero attached hydrogens (tertiary/aromatic N) is 4. The van der Waals surface area contributed by atoms with Gasteiger partial charge in [0.05, 0.1) is 41.3 Å². The van der Waals surface area contributed by atoms with Crippen LogP contribution in [0.25, 0.3) is 0 Å². The van der Waals surface area contributed by atoms with Crippen LogP contribution in [0.2, 0.25) is 0 Å². The lowest BCUT2D eigenvalue weighted by molar-refractivity contribution is 0.426. The largest absolute Gasteiger partial charge is 0.506 e. The fraction of sp³-hybridized carbons (Fsp3) is 0. The third-order valence-electron chi connectivity index (χ3n) is 3.94. The third-order valence-corrected chi connectivity index (χ3v) is 3.94. The molecule has 0 atom stereocenters. The van der Waals surface area contributed by atoms with Gasteiger partial charge in [-0.1, -0.05) is 0 Å². The lowest BCUT2D eigenvalue weighted by Gasteiger charge is -1.95. The molecule has 118 valence electrons. The predicted octanol–water partition coefficient (Wildman–Crippen LogP) is 3.46. The SMILES string of the molecule is [2H]C1=C(O)C2=CC3=NC(=CC4=NC(=CC5=NC(=CC1=N2)C=C5)C=C4)C=C3. The maximum absolute atomic E-state index is 10.2. The van der Waals surface area contributed by atoms with Crippen molar-refractivity contribution in [1.82, 2.24) is 0 Å². The Morgan fingerprint density at radius 1 is 0.600 bits per heavy atom. The third kappa shape index (κ3) is 2.61. The van der Waals surface area contributed by atoms with E-state index in [0.717, 1.165) is 22.8 Å². The highest BCUT2D eigenvalue weighted by Gasteiger charge is 2.15. The van der Waals surface area contributed by atoms with Crippen LogP contribution in [0.1, 0.15) is 1.37 Å². The molecule has 0 spiro atoms. The molecule has 0 fully saturated rings. The highest BCUT2D eigenvalue weighted by atomic mass is 16.3. The van der Waals surface area contributed by atoms with Crippen molar-refractivity contribution in [1.29, 1.82) is 0 Å². The predicted molar refractivity (Wildman–Crippen MR) is 100 cm³/mol. The summed E-state index contributed by atoms with van der Waals surface area (Å²) in [6.45, 7) is 0. The maximum atomic E-state index is 10.2. The Kier molecular flexibility index (Phi) is 2.66. The Bertz CT molecular complexity index is 1130. The standard InChI is InChI=1S/C20H12N4O/c25-20-11-18-9-16-4-3-14(22-16)7-12-1-2-13(21-12)8-15-5-6-17(23-15)10-19(20)24-18/h1-11,25H/i11D. The van der Waals surface area contributed by atoms with E-state index < -0.39 is 0 Å². The first-order valence-corrected chi connectivity index (χ1v) is 7.80. The zero-order valence-electron chi connectivity index (χ0n) is 14.0. The van der Waals surface area contributed by atoms with Crippen molar-refractivity contribution >= 4 is 22.8 Å². The molecule has 0 aliphatic carbocycles. The van der Waals surface area contributed by atoms with Gasteiger partial charge >= 0.3 is 0 Å². The minimum Gasteiger partial charge on any atom is -0.506 e. The second-order valence-electron chi connectivity index (χ2n) is 5.82. The van der Waals surface area contributed by atoms with Crippen LogP contribution in [-0.2, 0) is 0 Å². The molecule has 0 amide bonds. The van der Waals surface area contributed by atoms with Gasteiger partial charge in [0.2, 0.25) is 0 Å². The number of aliphatic imine (C=N–C) groups is 4. The molecule has 0 radical (unpaired) electrons. The van der Waals surface area contributed by atoms with E-state index in [1.165, 1.54) is 0 Å². The topological polar surface area (TPSA) is 69.7 Å². The Morgan fingerprint density at radius 2 is 1.08 bits per heavy atom. The average Bonchev–Trinajstić information content (AvgIpc) is 3.38. The van der Waals surface area contributed by atoms with E-state index in [-0.39, 0.29) is 11.8 Å². The van der Waals surface area contributed by atoms with Crippen molar-refractivity contribution in [3.05, 3.63) is 95.4 Å². The molecule has 5 aliphatic heterocycles. The number of aliphatic hydroxyl groups excluding tert-OH is 1. The molecule has 5 heterocycles. The summed E-state index contributed by atoms with van der Waals surface area (Å²) in [6.07, 6.45) is 18.4. The van der Waals surface area contributed by atoms with Gasteiger partial charge in [0.15, 0.2) is 0 Å². The van der Waals surface area contributed by atoms with Gasteiger partial charge in [0.1, 0.15) is 11.5 Å². The highest BCUT2D eigenvalue weighted by molar-refractivity contribution is 6.14. The summed E-state index contributed by atoms with van der Waals surface area (Å²) < 4.78 is 8.08. The van der Waals surface area contributed by atoms with E-state index >= 15 is 0 Å². The van der Waals surface area contributed by atoms with Crippen molar-refractivity contribution in [2.24, 2.45) is 20.0 Å². The first-order valence-electron chi connectivity index (χ1n) is 8.30. The number of fused-ring (bicyclic) bond motifs is 4. The van der Waals surface area contributed by atoms with E-state index in [9.17, 15) is 5.11 Å². The van der Waals surface area contributed by atoms with Crippen LogP contribution < -0.4 is 0 Å². The Balaban J connectivity index is 1.69. The Morgan fingerprint density at radius 3 is 1.64 bits per heavy atom. The van der Waals surface area contributed by atoms with Gasteiger partial charge in [-0.3, -0.25) is 0 Å².